The Labute approximate surface area is 357 Å². The lowest BCUT2D eigenvalue weighted by Crippen LogP contribution is -2.69. The van der Waals surface area contributed by atoms with Gasteiger partial charge in [0.15, 0.2) is 25.2 Å². The Morgan fingerprint density at radius 1 is 0.667 bits per heavy atom. The second-order valence-electron chi connectivity index (χ2n) is 16.1. The van der Waals surface area contributed by atoms with Crippen LogP contribution in [-0.2, 0) is 52.2 Å². The number of carboxylic acid groups (broad SMARTS) is 1. The standard InChI is InChI=1S/C35H59NO27/c1-8-16(41)22(47)25(50)31(56-8)59-12-4-35(34(53)54,63-28(20(12)45)18(43)11(40)5-37)55-7-14-21(46)27(15(30(52)58-14)36-10(3)39)61-33-29(24(49)19(44)13(6-38)60-33)62-32-26(51)23(48)17(42)9(2)57-32/h8-9,11-33,37-38,40-52H,4-7H2,1-3H3,(H,36,39)(H,53,54)/t8-,9-,11+,12-,13+,14+,15+,16+,17+,18+,19-,20+,21-,22+,23+,24-,25-,26-,27+,28-,29+,30+,31-,32-,33+,35+/m0/s1. The van der Waals surface area contributed by atoms with E-state index in [4.69, 9.17) is 42.6 Å². The van der Waals surface area contributed by atoms with E-state index in [1.165, 1.54) is 13.8 Å². The molecule has 26 atom stereocenters. The van der Waals surface area contributed by atoms with Gasteiger partial charge in [0.2, 0.25) is 5.91 Å². The Hall–Kier alpha value is -2.02. The molecule has 0 radical (unpaired) electrons. The van der Waals surface area contributed by atoms with Crippen molar-refractivity contribution in [2.24, 2.45) is 0 Å². The second-order valence-corrected chi connectivity index (χ2v) is 16.1. The van der Waals surface area contributed by atoms with Crippen LogP contribution in [0.2, 0.25) is 0 Å². The first-order chi connectivity index (χ1) is 29.5. The normalized spacial score (nSPS) is 49.5. The molecule has 5 saturated heterocycles. The molecule has 28 heteroatoms. The molecule has 1 amide bonds. The van der Waals surface area contributed by atoms with Crippen LogP contribution in [0, 0.1) is 0 Å². The third kappa shape index (κ3) is 10.9. The molecule has 0 aromatic heterocycles. The zero-order chi connectivity index (χ0) is 47.0. The van der Waals surface area contributed by atoms with Crippen LogP contribution in [0.5, 0.6) is 0 Å². The van der Waals surface area contributed by atoms with Crippen molar-refractivity contribution in [3.8, 4) is 0 Å². The average Bonchev–Trinajstić information content (AvgIpc) is 3.24. The van der Waals surface area contributed by atoms with Crippen molar-refractivity contribution in [3.05, 3.63) is 0 Å². The molecule has 5 rings (SSSR count). The van der Waals surface area contributed by atoms with Gasteiger partial charge in [0, 0.05) is 13.3 Å². The number of carboxylic acids is 1. The van der Waals surface area contributed by atoms with E-state index in [0.29, 0.717) is 0 Å². The summed E-state index contributed by atoms with van der Waals surface area (Å²) >= 11 is 0. The Bertz CT molecular complexity index is 1500. The minimum atomic E-state index is -3.07. The van der Waals surface area contributed by atoms with E-state index < -0.39 is 197 Å². The molecule has 5 aliphatic heterocycles. The lowest BCUT2D eigenvalue weighted by atomic mass is 9.90. The molecular formula is C35H59NO27. The molecule has 63 heavy (non-hydrogen) atoms. The summed E-state index contributed by atoms with van der Waals surface area (Å²) in [6.45, 7) is 0.400. The van der Waals surface area contributed by atoms with Crippen molar-refractivity contribution >= 4 is 11.9 Å². The average molecular weight is 926 g/mol. The van der Waals surface area contributed by atoms with Crippen molar-refractivity contribution in [3.63, 3.8) is 0 Å². The summed E-state index contributed by atoms with van der Waals surface area (Å²) in [6, 6.07) is -1.74. The molecule has 17 N–H and O–H groups in total. The number of nitrogens with one attached hydrogen (secondary N) is 1. The Kier molecular flexibility index (Phi) is 17.6. The largest absolute Gasteiger partial charge is 0.477 e. The Morgan fingerprint density at radius 2 is 1.22 bits per heavy atom. The summed E-state index contributed by atoms with van der Waals surface area (Å²) < 4.78 is 50.5. The topological polar surface area (TPSA) is 453 Å². The zero-order valence-electron chi connectivity index (χ0n) is 33.9. The van der Waals surface area contributed by atoms with Gasteiger partial charge in [-0.2, -0.15) is 0 Å². The molecule has 5 heterocycles. The van der Waals surface area contributed by atoms with Gasteiger partial charge in [0.1, 0.15) is 110 Å². The van der Waals surface area contributed by atoms with Crippen molar-refractivity contribution in [2.45, 2.75) is 186 Å². The first-order valence-corrected chi connectivity index (χ1v) is 19.9. The molecule has 0 spiro atoms. The SMILES string of the molecule is CC(=O)N[C@@H]1[C@@H](O[C@H]2O[C@H](CO)[C@H](O)[C@H](O)[C@H]2O[C@@H]2O[C@@H](C)[C@@H](O)[C@@H](O)[C@@H]2O)[C@@H](O)[C@@H](CO[C@]2(C(=O)O)C[C@H](O[C@@H]3O[C@@H](C)[C@@H](O)[C@@H](O)[C@@H]3O)[C@@H](O)[C@H]([C@H](O)[C@H](O)CO)O2)O[C@H]1O. The van der Waals surface area contributed by atoms with E-state index in [9.17, 15) is 91.3 Å². The number of hydrogen-bond acceptors (Lipinski definition) is 26. The van der Waals surface area contributed by atoms with Gasteiger partial charge in [-0.15, -0.1) is 0 Å². The maximum absolute atomic E-state index is 13.0. The molecule has 0 aliphatic carbocycles. The molecule has 0 saturated carbocycles. The number of aliphatic hydroxyl groups is 15. The van der Waals surface area contributed by atoms with Gasteiger partial charge in [0.05, 0.1) is 38.1 Å². The maximum atomic E-state index is 13.0. The maximum Gasteiger partial charge on any atom is 0.364 e. The molecule has 0 unspecified atom stereocenters. The van der Waals surface area contributed by atoms with E-state index in [-0.39, 0.29) is 0 Å². The first-order valence-electron chi connectivity index (χ1n) is 19.9. The number of aliphatic carboxylic acids is 1. The lowest BCUT2D eigenvalue weighted by Gasteiger charge is -2.50. The van der Waals surface area contributed by atoms with Gasteiger partial charge < -0.3 is 130 Å². The zero-order valence-corrected chi connectivity index (χ0v) is 33.9. The van der Waals surface area contributed by atoms with Crippen molar-refractivity contribution < 1.29 is 134 Å². The number of amides is 1. The number of carbonyl (C=O) groups excluding carboxylic acids is 1. The van der Waals surface area contributed by atoms with Gasteiger partial charge in [-0.25, -0.2) is 4.79 Å². The van der Waals surface area contributed by atoms with Crippen LogP contribution < -0.4 is 5.32 Å². The number of ether oxygens (including phenoxy) is 9. The van der Waals surface area contributed by atoms with Gasteiger partial charge in [-0.1, -0.05) is 0 Å². The first kappa shape index (κ1) is 52.0. The fourth-order valence-electron chi connectivity index (χ4n) is 7.84. The molecule has 5 aliphatic rings. The molecule has 0 aromatic carbocycles. The molecule has 366 valence electrons. The Balaban J connectivity index is 1.43. The van der Waals surface area contributed by atoms with Crippen LogP contribution in [0.1, 0.15) is 27.2 Å². The van der Waals surface area contributed by atoms with E-state index >= 15 is 0 Å². The smallest absolute Gasteiger partial charge is 0.364 e. The lowest BCUT2D eigenvalue weighted by molar-refractivity contribution is -0.383. The van der Waals surface area contributed by atoms with E-state index in [2.05, 4.69) is 5.32 Å². The number of hydrogen-bond donors (Lipinski definition) is 17. The summed E-state index contributed by atoms with van der Waals surface area (Å²) in [5.41, 5.74) is 0. The predicted octanol–water partition coefficient (Wildman–Crippen LogP) is -10.5. The Morgan fingerprint density at radius 3 is 1.75 bits per heavy atom. The highest BCUT2D eigenvalue weighted by Gasteiger charge is 2.59. The molecule has 5 fully saturated rings. The summed E-state index contributed by atoms with van der Waals surface area (Å²) in [7, 11) is 0. The van der Waals surface area contributed by atoms with Crippen LogP contribution in [-0.4, -0.2) is 272 Å². The fraction of sp³-hybridized carbons (Fsp3) is 0.943. The van der Waals surface area contributed by atoms with Crippen LogP contribution in [0.4, 0.5) is 0 Å². The van der Waals surface area contributed by atoms with Crippen molar-refractivity contribution in [1.82, 2.24) is 5.32 Å². The van der Waals surface area contributed by atoms with Gasteiger partial charge >= 0.3 is 5.97 Å². The number of aliphatic hydroxyl groups excluding tert-OH is 15. The third-order valence-corrected chi connectivity index (χ3v) is 11.6. The fourth-order valence-corrected chi connectivity index (χ4v) is 7.84. The highest BCUT2D eigenvalue weighted by Crippen LogP contribution is 2.38. The van der Waals surface area contributed by atoms with E-state index in [0.717, 1.165) is 6.92 Å². The minimum Gasteiger partial charge on any atom is -0.477 e. The quantitative estimate of drug-likeness (QED) is 0.0725. The summed E-state index contributed by atoms with van der Waals surface area (Å²) in [5.74, 6) is -5.90. The van der Waals surface area contributed by atoms with Crippen molar-refractivity contribution in [2.75, 3.05) is 19.8 Å². The van der Waals surface area contributed by atoms with Gasteiger partial charge in [-0.05, 0) is 13.8 Å². The van der Waals surface area contributed by atoms with Crippen LogP contribution >= 0.6 is 0 Å². The van der Waals surface area contributed by atoms with Gasteiger partial charge in [-0.3, -0.25) is 4.79 Å². The highest BCUT2D eigenvalue weighted by molar-refractivity contribution is 5.76. The second kappa shape index (κ2) is 21.3. The molecule has 0 aromatic rings. The molecular weight excluding hydrogens is 866 g/mol. The monoisotopic (exact) mass is 925 g/mol. The minimum absolute atomic E-state index is 0.831. The molecule has 28 nitrogen and oxygen atoms in total. The molecule has 0 bridgehead atoms. The number of rotatable bonds is 15. The number of carbonyl (C=O) groups is 2. The summed E-state index contributed by atoms with van der Waals surface area (Å²) in [5, 5.41) is 171. The highest BCUT2D eigenvalue weighted by atomic mass is 16.8. The van der Waals surface area contributed by atoms with Crippen LogP contribution in [0.25, 0.3) is 0 Å². The van der Waals surface area contributed by atoms with Crippen molar-refractivity contribution in [1.29, 1.82) is 0 Å². The third-order valence-electron chi connectivity index (χ3n) is 11.6. The van der Waals surface area contributed by atoms with E-state index in [1.54, 1.807) is 0 Å². The van der Waals surface area contributed by atoms with E-state index in [1.807, 2.05) is 0 Å². The van der Waals surface area contributed by atoms with Crippen LogP contribution in [0.15, 0.2) is 0 Å². The van der Waals surface area contributed by atoms with Gasteiger partial charge in [0.25, 0.3) is 5.79 Å². The predicted molar refractivity (Wildman–Crippen MR) is 192 cm³/mol. The summed E-state index contributed by atoms with van der Waals surface area (Å²) in [6.07, 6.45) is -46.1. The van der Waals surface area contributed by atoms with Crippen LogP contribution in [0.3, 0.4) is 0 Å². The summed E-state index contributed by atoms with van der Waals surface area (Å²) in [4.78, 5) is 25.3.